The van der Waals surface area contributed by atoms with Gasteiger partial charge in [-0.15, -0.1) is 0 Å². The molecule has 4 heteroatoms. The van der Waals surface area contributed by atoms with E-state index in [1.54, 1.807) is 12.1 Å². The molecule has 0 bridgehead atoms. The lowest BCUT2D eigenvalue weighted by molar-refractivity contribution is -0.149. The van der Waals surface area contributed by atoms with Crippen LogP contribution < -0.4 is 4.74 Å². The van der Waals surface area contributed by atoms with Crippen LogP contribution >= 0.6 is 0 Å². The molecule has 1 aromatic rings. The number of carbonyl (C=O) groups excluding carboxylic acids is 2. The number of carbonyl (C=O) groups is 2. The lowest BCUT2D eigenvalue weighted by atomic mass is 9.82. The van der Waals surface area contributed by atoms with Crippen molar-refractivity contribution in [2.75, 3.05) is 7.11 Å². The molecule has 19 heavy (non-hydrogen) atoms. The van der Waals surface area contributed by atoms with Crippen molar-refractivity contribution in [2.45, 2.75) is 25.7 Å². The molecule has 0 atom stereocenters. The lowest BCUT2D eigenvalue weighted by Crippen LogP contribution is -2.29. The molecule has 4 nitrogen and oxygen atoms in total. The third-order valence-corrected chi connectivity index (χ3v) is 3.56. The van der Waals surface area contributed by atoms with Gasteiger partial charge in [-0.05, 0) is 37.8 Å². The third kappa shape index (κ3) is 3.56. The quantitative estimate of drug-likeness (QED) is 0.620. The van der Waals surface area contributed by atoms with Crippen molar-refractivity contribution in [3.05, 3.63) is 30.3 Å². The van der Waals surface area contributed by atoms with E-state index in [1.165, 1.54) is 7.11 Å². The molecular formula is C15H18O4. The molecule has 0 spiro atoms. The summed E-state index contributed by atoms with van der Waals surface area (Å²) in [7, 11) is 1.40. The standard InChI is InChI=1S/C15H18O4/c1-18-14(16)11-7-9-12(10-8-11)15(17)19-13-5-3-2-4-6-13/h2-6,11-12H,7-10H2,1H3. The molecule has 0 aliphatic heterocycles. The monoisotopic (exact) mass is 262 g/mol. The fourth-order valence-electron chi connectivity index (χ4n) is 2.42. The molecule has 1 aromatic carbocycles. The van der Waals surface area contributed by atoms with Crippen molar-refractivity contribution < 1.29 is 19.1 Å². The summed E-state index contributed by atoms with van der Waals surface area (Å²) in [5.74, 6) is 0.0267. The number of hydrogen-bond donors (Lipinski definition) is 0. The van der Waals surface area contributed by atoms with Gasteiger partial charge in [0.2, 0.25) is 0 Å². The Hall–Kier alpha value is -1.84. The van der Waals surface area contributed by atoms with E-state index in [2.05, 4.69) is 0 Å². The first-order valence-corrected chi connectivity index (χ1v) is 6.55. The predicted molar refractivity (Wildman–Crippen MR) is 69.5 cm³/mol. The predicted octanol–water partition coefficient (Wildman–Crippen LogP) is 2.57. The van der Waals surface area contributed by atoms with Crippen molar-refractivity contribution in [1.29, 1.82) is 0 Å². The Labute approximate surface area is 112 Å². The summed E-state index contributed by atoms with van der Waals surface area (Å²) in [6, 6.07) is 9.06. The van der Waals surface area contributed by atoms with Crippen LogP contribution in [0.5, 0.6) is 5.75 Å². The van der Waals surface area contributed by atoms with Crippen LogP contribution in [0.2, 0.25) is 0 Å². The highest BCUT2D eigenvalue weighted by Crippen LogP contribution is 2.30. The molecule has 1 aliphatic carbocycles. The second-order valence-corrected chi connectivity index (χ2v) is 4.81. The van der Waals surface area contributed by atoms with Crippen LogP contribution in [-0.2, 0) is 14.3 Å². The third-order valence-electron chi connectivity index (χ3n) is 3.56. The highest BCUT2D eigenvalue weighted by atomic mass is 16.5. The molecule has 0 amide bonds. The van der Waals surface area contributed by atoms with Crippen LogP contribution in [0.25, 0.3) is 0 Å². The summed E-state index contributed by atoms with van der Waals surface area (Å²) in [5, 5.41) is 0. The number of benzene rings is 1. The molecule has 0 N–H and O–H groups in total. The van der Waals surface area contributed by atoms with Gasteiger partial charge in [-0.2, -0.15) is 0 Å². The Morgan fingerprint density at radius 3 is 2.00 bits per heavy atom. The van der Waals surface area contributed by atoms with Gasteiger partial charge in [0.15, 0.2) is 0 Å². The van der Waals surface area contributed by atoms with Gasteiger partial charge < -0.3 is 9.47 Å². The number of esters is 2. The van der Waals surface area contributed by atoms with Gasteiger partial charge >= 0.3 is 11.9 Å². The van der Waals surface area contributed by atoms with E-state index >= 15 is 0 Å². The van der Waals surface area contributed by atoms with E-state index in [4.69, 9.17) is 9.47 Å². The van der Waals surface area contributed by atoms with Crippen LogP contribution in [0.4, 0.5) is 0 Å². The zero-order valence-electron chi connectivity index (χ0n) is 11.0. The highest BCUT2D eigenvalue weighted by Gasteiger charge is 2.31. The van der Waals surface area contributed by atoms with Gasteiger partial charge in [0.05, 0.1) is 18.9 Å². The number of methoxy groups -OCH3 is 1. The Kier molecular flexibility index (Phi) is 4.55. The van der Waals surface area contributed by atoms with Crippen molar-refractivity contribution >= 4 is 11.9 Å². The average molecular weight is 262 g/mol. The summed E-state index contributed by atoms with van der Waals surface area (Å²) in [6.07, 6.45) is 2.76. The van der Waals surface area contributed by atoms with Gasteiger partial charge in [-0.3, -0.25) is 9.59 Å². The molecule has 1 saturated carbocycles. The molecule has 2 rings (SSSR count). The average Bonchev–Trinajstić information content (AvgIpc) is 2.47. The summed E-state index contributed by atoms with van der Waals surface area (Å²) < 4.78 is 10.0. The Morgan fingerprint density at radius 2 is 1.47 bits per heavy atom. The van der Waals surface area contributed by atoms with E-state index in [0.717, 1.165) is 0 Å². The fourth-order valence-corrected chi connectivity index (χ4v) is 2.42. The van der Waals surface area contributed by atoms with Gasteiger partial charge in [0, 0.05) is 0 Å². The maximum atomic E-state index is 12.0. The first-order chi connectivity index (χ1) is 9.20. The van der Waals surface area contributed by atoms with Crippen LogP contribution in [0.3, 0.4) is 0 Å². The zero-order valence-corrected chi connectivity index (χ0v) is 11.0. The van der Waals surface area contributed by atoms with Crippen LogP contribution in [0.1, 0.15) is 25.7 Å². The minimum atomic E-state index is -0.200. The van der Waals surface area contributed by atoms with Gasteiger partial charge in [0.25, 0.3) is 0 Å². The van der Waals surface area contributed by atoms with E-state index in [0.29, 0.717) is 31.4 Å². The summed E-state index contributed by atoms with van der Waals surface area (Å²) >= 11 is 0. The second-order valence-electron chi connectivity index (χ2n) is 4.81. The number of para-hydroxylation sites is 1. The molecule has 1 fully saturated rings. The van der Waals surface area contributed by atoms with E-state index < -0.39 is 0 Å². The van der Waals surface area contributed by atoms with Crippen LogP contribution in [0.15, 0.2) is 30.3 Å². The maximum absolute atomic E-state index is 12.0. The minimum Gasteiger partial charge on any atom is -0.469 e. The largest absolute Gasteiger partial charge is 0.469 e. The van der Waals surface area contributed by atoms with Gasteiger partial charge in [-0.1, -0.05) is 18.2 Å². The number of hydrogen-bond acceptors (Lipinski definition) is 4. The molecular weight excluding hydrogens is 244 g/mol. The highest BCUT2D eigenvalue weighted by molar-refractivity contribution is 5.76. The summed E-state index contributed by atoms with van der Waals surface area (Å²) in [6.45, 7) is 0. The Bertz CT molecular complexity index is 433. The van der Waals surface area contributed by atoms with E-state index in [-0.39, 0.29) is 23.8 Å². The zero-order chi connectivity index (χ0) is 13.7. The van der Waals surface area contributed by atoms with Crippen molar-refractivity contribution in [2.24, 2.45) is 11.8 Å². The molecule has 0 heterocycles. The molecule has 0 saturated heterocycles. The number of ether oxygens (including phenoxy) is 2. The summed E-state index contributed by atoms with van der Waals surface area (Å²) in [5.41, 5.74) is 0. The van der Waals surface area contributed by atoms with Crippen molar-refractivity contribution in [3.8, 4) is 5.75 Å². The molecule has 1 aliphatic rings. The second kappa shape index (κ2) is 6.36. The topological polar surface area (TPSA) is 52.6 Å². The van der Waals surface area contributed by atoms with E-state index in [1.807, 2.05) is 18.2 Å². The van der Waals surface area contributed by atoms with Crippen LogP contribution in [0, 0.1) is 11.8 Å². The first kappa shape index (κ1) is 13.6. The Morgan fingerprint density at radius 1 is 0.947 bits per heavy atom. The number of rotatable bonds is 3. The van der Waals surface area contributed by atoms with Gasteiger partial charge in [-0.25, -0.2) is 0 Å². The molecule has 0 radical (unpaired) electrons. The Balaban J connectivity index is 1.84. The smallest absolute Gasteiger partial charge is 0.314 e. The first-order valence-electron chi connectivity index (χ1n) is 6.55. The van der Waals surface area contributed by atoms with E-state index in [9.17, 15) is 9.59 Å². The van der Waals surface area contributed by atoms with Crippen molar-refractivity contribution in [1.82, 2.24) is 0 Å². The molecule has 102 valence electrons. The summed E-state index contributed by atoms with van der Waals surface area (Å²) in [4.78, 5) is 23.4. The SMILES string of the molecule is COC(=O)C1CCC(C(=O)Oc2ccccc2)CC1. The minimum absolute atomic E-state index is 0.0641. The molecule has 0 aromatic heterocycles. The molecule has 0 unspecified atom stereocenters. The lowest BCUT2D eigenvalue weighted by Gasteiger charge is -2.25. The van der Waals surface area contributed by atoms with Gasteiger partial charge in [0.1, 0.15) is 5.75 Å². The maximum Gasteiger partial charge on any atom is 0.314 e. The van der Waals surface area contributed by atoms with Crippen LogP contribution in [-0.4, -0.2) is 19.0 Å². The normalized spacial score (nSPS) is 22.6. The fraction of sp³-hybridized carbons (Fsp3) is 0.467. The van der Waals surface area contributed by atoms with Crippen molar-refractivity contribution in [3.63, 3.8) is 0 Å².